The number of hydrogen-bond acceptors (Lipinski definition) is 2. The fraction of sp³-hybridized carbons (Fsp3) is 0.273. The summed E-state index contributed by atoms with van der Waals surface area (Å²) in [4.78, 5) is 11.9. The van der Waals surface area contributed by atoms with Gasteiger partial charge in [0.15, 0.2) is 0 Å². The first-order valence-electron chi connectivity index (χ1n) is 4.91. The van der Waals surface area contributed by atoms with Crippen molar-refractivity contribution >= 4 is 0 Å². The van der Waals surface area contributed by atoms with Crippen LogP contribution in [0.25, 0.3) is 5.69 Å². The summed E-state index contributed by atoms with van der Waals surface area (Å²) >= 11 is 0. The highest BCUT2D eigenvalue weighted by molar-refractivity contribution is 5.30. The summed E-state index contributed by atoms with van der Waals surface area (Å²) in [5.41, 5.74) is 0.741. The minimum Gasteiger partial charge on any atom is -0.250 e. The summed E-state index contributed by atoms with van der Waals surface area (Å²) in [5, 5.41) is 4.06. The van der Waals surface area contributed by atoms with Gasteiger partial charge in [0.25, 0.3) is 0 Å². The highest BCUT2D eigenvalue weighted by Gasteiger charge is 2.08. The second-order valence-electron chi connectivity index (χ2n) is 3.66. The second kappa shape index (κ2) is 3.73. The standard InChI is InChI=1S/C11H13N3O/c1-9(2)14-11(15)13(8-12-14)10-6-4-3-5-7-10/h3-9H,1-2H3. The van der Waals surface area contributed by atoms with Crippen LogP contribution in [0.5, 0.6) is 0 Å². The third kappa shape index (κ3) is 1.70. The summed E-state index contributed by atoms with van der Waals surface area (Å²) in [6.45, 7) is 3.87. The molecule has 0 saturated carbocycles. The summed E-state index contributed by atoms with van der Waals surface area (Å²) in [5.74, 6) is 0. The molecule has 0 saturated heterocycles. The van der Waals surface area contributed by atoms with Gasteiger partial charge in [-0.15, -0.1) is 0 Å². The SMILES string of the molecule is CC(C)n1ncn(-c2ccccc2)c1=O. The molecule has 1 heterocycles. The third-order valence-corrected chi connectivity index (χ3v) is 2.22. The normalized spacial score (nSPS) is 10.9. The van der Waals surface area contributed by atoms with Gasteiger partial charge >= 0.3 is 5.69 Å². The van der Waals surface area contributed by atoms with Crippen LogP contribution in [0.1, 0.15) is 19.9 Å². The Labute approximate surface area is 87.8 Å². The van der Waals surface area contributed by atoms with E-state index in [4.69, 9.17) is 0 Å². The lowest BCUT2D eigenvalue weighted by atomic mass is 10.3. The number of para-hydroxylation sites is 1. The van der Waals surface area contributed by atoms with E-state index in [2.05, 4.69) is 5.10 Å². The Morgan fingerprint density at radius 2 is 1.87 bits per heavy atom. The van der Waals surface area contributed by atoms with E-state index in [1.165, 1.54) is 4.68 Å². The second-order valence-corrected chi connectivity index (χ2v) is 3.66. The van der Waals surface area contributed by atoms with Gasteiger partial charge in [0, 0.05) is 0 Å². The van der Waals surface area contributed by atoms with E-state index in [1.54, 1.807) is 10.9 Å². The van der Waals surface area contributed by atoms with Crippen LogP contribution in [0.3, 0.4) is 0 Å². The largest absolute Gasteiger partial charge is 0.350 e. The highest BCUT2D eigenvalue weighted by atomic mass is 16.2. The molecule has 0 aliphatic heterocycles. The van der Waals surface area contributed by atoms with E-state index >= 15 is 0 Å². The number of hydrogen-bond donors (Lipinski definition) is 0. The lowest BCUT2D eigenvalue weighted by molar-refractivity contribution is 0.511. The number of rotatable bonds is 2. The van der Waals surface area contributed by atoms with Crippen LogP contribution in [0, 0.1) is 0 Å². The van der Waals surface area contributed by atoms with Gasteiger partial charge in [-0.1, -0.05) is 18.2 Å². The van der Waals surface area contributed by atoms with Gasteiger partial charge in [-0.05, 0) is 26.0 Å². The Morgan fingerprint density at radius 3 is 2.40 bits per heavy atom. The Balaban J connectivity index is 2.52. The first-order chi connectivity index (χ1) is 7.20. The van der Waals surface area contributed by atoms with Crippen LogP contribution in [0.4, 0.5) is 0 Å². The van der Waals surface area contributed by atoms with Crippen molar-refractivity contribution in [3.63, 3.8) is 0 Å². The molecule has 0 amide bonds. The third-order valence-electron chi connectivity index (χ3n) is 2.22. The summed E-state index contributed by atoms with van der Waals surface area (Å²) in [7, 11) is 0. The smallest absolute Gasteiger partial charge is 0.250 e. The minimum atomic E-state index is -0.101. The van der Waals surface area contributed by atoms with Crippen LogP contribution in [-0.4, -0.2) is 14.3 Å². The van der Waals surface area contributed by atoms with Gasteiger partial charge in [0.2, 0.25) is 0 Å². The molecule has 78 valence electrons. The zero-order valence-corrected chi connectivity index (χ0v) is 8.79. The predicted octanol–water partition coefficient (Wildman–Crippen LogP) is 1.61. The topological polar surface area (TPSA) is 39.8 Å². The van der Waals surface area contributed by atoms with E-state index in [0.29, 0.717) is 0 Å². The molecular formula is C11H13N3O. The number of benzene rings is 1. The quantitative estimate of drug-likeness (QED) is 0.744. The summed E-state index contributed by atoms with van der Waals surface area (Å²) in [6, 6.07) is 9.56. The van der Waals surface area contributed by atoms with Crippen molar-refractivity contribution in [1.29, 1.82) is 0 Å². The molecule has 1 aromatic carbocycles. The van der Waals surface area contributed by atoms with E-state index in [-0.39, 0.29) is 11.7 Å². The highest BCUT2D eigenvalue weighted by Crippen LogP contribution is 2.04. The van der Waals surface area contributed by atoms with Crippen molar-refractivity contribution < 1.29 is 0 Å². The molecule has 0 unspecified atom stereocenters. The molecule has 4 nitrogen and oxygen atoms in total. The van der Waals surface area contributed by atoms with Crippen LogP contribution in [-0.2, 0) is 0 Å². The van der Waals surface area contributed by atoms with Crippen LogP contribution in [0.2, 0.25) is 0 Å². The zero-order valence-electron chi connectivity index (χ0n) is 8.79. The monoisotopic (exact) mass is 203 g/mol. The van der Waals surface area contributed by atoms with Gasteiger partial charge in [0.1, 0.15) is 6.33 Å². The van der Waals surface area contributed by atoms with Crippen molar-refractivity contribution in [2.75, 3.05) is 0 Å². The number of aromatic nitrogens is 3. The fourth-order valence-corrected chi connectivity index (χ4v) is 1.44. The Kier molecular flexibility index (Phi) is 2.41. The van der Waals surface area contributed by atoms with Crippen molar-refractivity contribution in [3.8, 4) is 5.69 Å². The molecule has 0 bridgehead atoms. The maximum Gasteiger partial charge on any atom is 0.350 e. The molecule has 0 fully saturated rings. The van der Waals surface area contributed by atoms with E-state index < -0.39 is 0 Å². The summed E-state index contributed by atoms with van der Waals surface area (Å²) < 4.78 is 3.01. The van der Waals surface area contributed by atoms with Crippen molar-refractivity contribution in [2.24, 2.45) is 0 Å². The molecule has 15 heavy (non-hydrogen) atoms. The fourth-order valence-electron chi connectivity index (χ4n) is 1.44. The Hall–Kier alpha value is -1.84. The first-order valence-corrected chi connectivity index (χ1v) is 4.91. The van der Waals surface area contributed by atoms with E-state index in [0.717, 1.165) is 5.69 Å². The Morgan fingerprint density at radius 1 is 1.20 bits per heavy atom. The first kappa shape index (κ1) is 9.71. The molecule has 0 aliphatic rings. The van der Waals surface area contributed by atoms with Crippen LogP contribution in [0.15, 0.2) is 41.5 Å². The van der Waals surface area contributed by atoms with Crippen LogP contribution >= 0.6 is 0 Å². The van der Waals surface area contributed by atoms with Crippen molar-refractivity contribution in [1.82, 2.24) is 14.3 Å². The number of nitrogens with zero attached hydrogens (tertiary/aromatic N) is 3. The zero-order chi connectivity index (χ0) is 10.8. The molecule has 1 aromatic heterocycles. The Bertz CT molecular complexity index is 496. The lowest BCUT2D eigenvalue weighted by Crippen LogP contribution is -2.25. The molecule has 0 N–H and O–H groups in total. The van der Waals surface area contributed by atoms with E-state index in [9.17, 15) is 4.79 Å². The molecule has 2 rings (SSSR count). The molecule has 2 aromatic rings. The molecule has 0 atom stereocenters. The molecule has 4 heteroatoms. The average molecular weight is 203 g/mol. The van der Waals surface area contributed by atoms with Gasteiger partial charge in [-0.25, -0.2) is 14.0 Å². The molecule has 0 aliphatic carbocycles. The van der Waals surface area contributed by atoms with Gasteiger partial charge in [-0.2, -0.15) is 5.10 Å². The van der Waals surface area contributed by atoms with Gasteiger partial charge < -0.3 is 0 Å². The predicted molar refractivity (Wildman–Crippen MR) is 58.2 cm³/mol. The van der Waals surface area contributed by atoms with E-state index in [1.807, 2.05) is 44.2 Å². The minimum absolute atomic E-state index is 0.0856. The van der Waals surface area contributed by atoms with Crippen molar-refractivity contribution in [2.45, 2.75) is 19.9 Å². The molecule has 0 spiro atoms. The van der Waals surface area contributed by atoms with Gasteiger partial charge in [-0.3, -0.25) is 0 Å². The van der Waals surface area contributed by atoms with Crippen molar-refractivity contribution in [3.05, 3.63) is 47.1 Å². The van der Waals surface area contributed by atoms with Gasteiger partial charge in [0.05, 0.1) is 11.7 Å². The maximum absolute atomic E-state index is 11.9. The lowest BCUT2D eigenvalue weighted by Gasteiger charge is -2.02. The summed E-state index contributed by atoms with van der Waals surface area (Å²) in [6.07, 6.45) is 1.55. The van der Waals surface area contributed by atoms with Crippen LogP contribution < -0.4 is 5.69 Å². The molecule has 0 radical (unpaired) electrons. The average Bonchev–Trinajstić information content (AvgIpc) is 2.61. The maximum atomic E-state index is 11.9. The molecular weight excluding hydrogens is 190 g/mol.